The van der Waals surface area contributed by atoms with Gasteiger partial charge in [-0.15, -0.1) is 0 Å². The molecule has 0 heterocycles. The summed E-state index contributed by atoms with van der Waals surface area (Å²) >= 11 is 0. The molecule has 0 aliphatic rings. The Labute approximate surface area is 180 Å². The van der Waals surface area contributed by atoms with Crippen LogP contribution in [0.25, 0.3) is 0 Å². The third-order valence-corrected chi connectivity index (χ3v) is 5.18. The van der Waals surface area contributed by atoms with Crippen LogP contribution in [0.15, 0.2) is 0 Å². The highest BCUT2D eigenvalue weighted by atomic mass is 16.5. The molecule has 0 fully saturated rings. The molecule has 29 heavy (non-hydrogen) atoms. The number of carbonyl (C=O) groups excluding carboxylic acids is 2. The van der Waals surface area contributed by atoms with Gasteiger partial charge < -0.3 is 9.47 Å². The van der Waals surface area contributed by atoms with Crippen molar-refractivity contribution in [1.29, 1.82) is 0 Å². The molecule has 0 amide bonds. The van der Waals surface area contributed by atoms with Crippen LogP contribution in [0.3, 0.4) is 0 Å². The van der Waals surface area contributed by atoms with Crippen molar-refractivity contribution in [3.63, 3.8) is 0 Å². The molecule has 0 spiro atoms. The van der Waals surface area contributed by atoms with Crippen LogP contribution in [0.5, 0.6) is 0 Å². The van der Waals surface area contributed by atoms with Crippen molar-refractivity contribution in [2.24, 2.45) is 17.8 Å². The number of carbonyl (C=O) groups is 2. The Kier molecular flexibility index (Phi) is 18.2. The van der Waals surface area contributed by atoms with Crippen LogP contribution in [-0.4, -0.2) is 25.2 Å². The molecule has 0 aromatic heterocycles. The van der Waals surface area contributed by atoms with E-state index in [-0.39, 0.29) is 11.9 Å². The number of esters is 2. The lowest BCUT2D eigenvalue weighted by atomic mass is 9.95. The van der Waals surface area contributed by atoms with Gasteiger partial charge in [-0.3, -0.25) is 9.59 Å². The summed E-state index contributed by atoms with van der Waals surface area (Å²) in [6.45, 7) is 11.5. The molecule has 0 N–H and O–H groups in total. The first kappa shape index (κ1) is 27.9. The molecule has 0 radical (unpaired) electrons. The number of rotatable bonds is 19. The van der Waals surface area contributed by atoms with Gasteiger partial charge in [0.1, 0.15) is 0 Å². The molecule has 0 bridgehead atoms. The zero-order valence-electron chi connectivity index (χ0n) is 20.0. The van der Waals surface area contributed by atoms with Crippen molar-refractivity contribution in [3.8, 4) is 0 Å². The van der Waals surface area contributed by atoms with E-state index in [1.165, 1.54) is 44.9 Å². The minimum atomic E-state index is -0.0442. The van der Waals surface area contributed by atoms with Gasteiger partial charge in [0.15, 0.2) is 0 Å². The minimum Gasteiger partial charge on any atom is -0.465 e. The standard InChI is InChI=1S/C25H48O4/c1-6-23(18-25(27)29-20-22(4)5)16-14-12-10-8-7-9-11-13-15-17-24(26)28-19-21(2)3/h21-23H,6-20H2,1-5H3. The van der Waals surface area contributed by atoms with Crippen LogP contribution >= 0.6 is 0 Å². The lowest BCUT2D eigenvalue weighted by Crippen LogP contribution is -2.14. The van der Waals surface area contributed by atoms with Gasteiger partial charge in [-0.2, -0.15) is 0 Å². The van der Waals surface area contributed by atoms with E-state index >= 15 is 0 Å². The third kappa shape index (κ3) is 20.0. The Morgan fingerprint density at radius 3 is 1.59 bits per heavy atom. The van der Waals surface area contributed by atoms with E-state index < -0.39 is 0 Å². The third-order valence-electron chi connectivity index (χ3n) is 5.18. The topological polar surface area (TPSA) is 52.6 Å². The fraction of sp³-hybridized carbons (Fsp3) is 0.920. The molecule has 172 valence electrons. The van der Waals surface area contributed by atoms with E-state index in [9.17, 15) is 9.59 Å². The molecule has 1 atom stereocenters. The van der Waals surface area contributed by atoms with E-state index in [2.05, 4.69) is 34.6 Å². The molecular formula is C25H48O4. The van der Waals surface area contributed by atoms with Crippen LogP contribution in [0.1, 0.15) is 118 Å². The SMILES string of the molecule is CCC(CCCCCCCCCCCC(=O)OCC(C)C)CC(=O)OCC(C)C. The Balaban J connectivity index is 3.47. The molecule has 1 unspecified atom stereocenters. The van der Waals surface area contributed by atoms with Crippen LogP contribution in [0, 0.1) is 17.8 Å². The monoisotopic (exact) mass is 412 g/mol. The van der Waals surface area contributed by atoms with Crippen molar-refractivity contribution in [1.82, 2.24) is 0 Å². The van der Waals surface area contributed by atoms with E-state index in [4.69, 9.17) is 9.47 Å². The van der Waals surface area contributed by atoms with Crippen LogP contribution in [-0.2, 0) is 19.1 Å². The maximum atomic E-state index is 11.8. The summed E-state index contributed by atoms with van der Waals surface area (Å²) in [6.07, 6.45) is 14.3. The summed E-state index contributed by atoms with van der Waals surface area (Å²) in [5, 5.41) is 0. The van der Waals surface area contributed by atoms with Crippen molar-refractivity contribution in [2.45, 2.75) is 118 Å². The van der Waals surface area contributed by atoms with Gasteiger partial charge in [0.25, 0.3) is 0 Å². The summed E-state index contributed by atoms with van der Waals surface area (Å²) in [4.78, 5) is 23.4. The molecular weight excluding hydrogens is 364 g/mol. The quantitative estimate of drug-likeness (QED) is 0.168. The first-order chi connectivity index (χ1) is 13.8. The van der Waals surface area contributed by atoms with Gasteiger partial charge in [0, 0.05) is 12.8 Å². The van der Waals surface area contributed by atoms with Crippen molar-refractivity contribution in [2.75, 3.05) is 13.2 Å². The molecule has 0 aromatic rings. The second-order valence-electron chi connectivity index (χ2n) is 9.35. The van der Waals surface area contributed by atoms with Gasteiger partial charge in [-0.25, -0.2) is 0 Å². The molecule has 0 rings (SSSR count). The summed E-state index contributed by atoms with van der Waals surface area (Å²) in [7, 11) is 0. The van der Waals surface area contributed by atoms with Crippen LogP contribution in [0.2, 0.25) is 0 Å². The van der Waals surface area contributed by atoms with Crippen molar-refractivity contribution < 1.29 is 19.1 Å². The van der Waals surface area contributed by atoms with E-state index in [0.29, 0.717) is 43.8 Å². The van der Waals surface area contributed by atoms with E-state index in [1.54, 1.807) is 0 Å². The second kappa shape index (κ2) is 18.9. The lowest BCUT2D eigenvalue weighted by molar-refractivity contribution is -0.146. The Hall–Kier alpha value is -1.06. The Morgan fingerprint density at radius 1 is 0.655 bits per heavy atom. The molecule has 0 aliphatic carbocycles. The zero-order valence-corrected chi connectivity index (χ0v) is 20.0. The van der Waals surface area contributed by atoms with Gasteiger partial charge in [-0.1, -0.05) is 92.4 Å². The van der Waals surface area contributed by atoms with Gasteiger partial charge in [0.2, 0.25) is 0 Å². The molecule has 0 saturated heterocycles. The predicted octanol–water partition coefficient (Wildman–Crippen LogP) is 7.09. The highest BCUT2D eigenvalue weighted by Gasteiger charge is 2.13. The fourth-order valence-electron chi connectivity index (χ4n) is 3.28. The molecule has 0 aliphatic heterocycles. The number of ether oxygens (including phenoxy) is 2. The van der Waals surface area contributed by atoms with E-state index in [0.717, 1.165) is 25.7 Å². The first-order valence-electron chi connectivity index (χ1n) is 12.2. The van der Waals surface area contributed by atoms with E-state index in [1.807, 2.05) is 0 Å². The maximum Gasteiger partial charge on any atom is 0.306 e. The van der Waals surface area contributed by atoms with Gasteiger partial charge >= 0.3 is 11.9 Å². The number of unbranched alkanes of at least 4 members (excludes halogenated alkanes) is 8. The Morgan fingerprint density at radius 2 is 1.10 bits per heavy atom. The molecule has 0 aromatic carbocycles. The van der Waals surface area contributed by atoms with Crippen molar-refractivity contribution in [3.05, 3.63) is 0 Å². The average molecular weight is 413 g/mol. The number of hydrogen-bond acceptors (Lipinski definition) is 4. The normalized spacial score (nSPS) is 12.4. The van der Waals surface area contributed by atoms with Gasteiger partial charge in [0.05, 0.1) is 13.2 Å². The maximum absolute atomic E-state index is 11.8. The fourth-order valence-corrected chi connectivity index (χ4v) is 3.28. The average Bonchev–Trinajstić information content (AvgIpc) is 2.67. The summed E-state index contributed by atoms with van der Waals surface area (Å²) < 4.78 is 10.5. The molecule has 4 heteroatoms. The highest BCUT2D eigenvalue weighted by molar-refractivity contribution is 5.69. The second-order valence-corrected chi connectivity index (χ2v) is 9.35. The van der Waals surface area contributed by atoms with Crippen LogP contribution in [0.4, 0.5) is 0 Å². The summed E-state index contributed by atoms with van der Waals surface area (Å²) in [6, 6.07) is 0. The van der Waals surface area contributed by atoms with Crippen molar-refractivity contribution >= 4 is 11.9 Å². The minimum absolute atomic E-state index is 0.0289. The molecule has 0 saturated carbocycles. The lowest BCUT2D eigenvalue weighted by Gasteiger charge is -2.14. The first-order valence-corrected chi connectivity index (χ1v) is 12.2. The summed E-state index contributed by atoms with van der Waals surface area (Å²) in [5.74, 6) is 1.22. The van der Waals surface area contributed by atoms with Gasteiger partial charge in [-0.05, 0) is 30.6 Å². The largest absolute Gasteiger partial charge is 0.465 e. The summed E-state index contributed by atoms with van der Waals surface area (Å²) in [5.41, 5.74) is 0. The smallest absolute Gasteiger partial charge is 0.306 e. The predicted molar refractivity (Wildman–Crippen MR) is 121 cm³/mol. The molecule has 4 nitrogen and oxygen atoms in total. The highest BCUT2D eigenvalue weighted by Crippen LogP contribution is 2.19. The zero-order chi connectivity index (χ0) is 21.9. The van der Waals surface area contributed by atoms with Crippen LogP contribution < -0.4 is 0 Å². The number of hydrogen-bond donors (Lipinski definition) is 0. The Bertz CT molecular complexity index is 404.